The van der Waals surface area contributed by atoms with E-state index in [4.69, 9.17) is 10.5 Å². The van der Waals surface area contributed by atoms with Crippen molar-refractivity contribution in [3.8, 4) is 0 Å². The van der Waals surface area contributed by atoms with Gasteiger partial charge in [-0.1, -0.05) is 96.5 Å². The Morgan fingerprint density at radius 2 is 1.33 bits per heavy atom. The van der Waals surface area contributed by atoms with Crippen LogP contribution in [0.1, 0.15) is 119 Å². The predicted octanol–water partition coefficient (Wildman–Crippen LogP) is -3.52. The molecule has 0 bridgehead atoms. The lowest BCUT2D eigenvalue weighted by Gasteiger charge is -2.35. The minimum absolute atomic E-state index is 0.0658. The lowest BCUT2D eigenvalue weighted by molar-refractivity contribution is -0.162. The lowest BCUT2D eigenvalue weighted by atomic mass is 9.96. The number of rotatable bonds is 30. The highest BCUT2D eigenvalue weighted by atomic mass is 32.2. The van der Waals surface area contributed by atoms with Crippen molar-refractivity contribution >= 4 is 105 Å². The molecular weight excluding hydrogens is 1320 g/mol. The van der Waals surface area contributed by atoms with Crippen LogP contribution in [0.15, 0.2) is 54.6 Å². The highest BCUT2D eigenvalue weighted by Gasteiger charge is 2.44. The van der Waals surface area contributed by atoms with E-state index in [0.29, 0.717) is 11.5 Å². The molecule has 2 aliphatic rings. The van der Waals surface area contributed by atoms with Gasteiger partial charge >= 0.3 is 17.9 Å². The average Bonchev–Trinajstić information content (AvgIpc) is 1.80. The molecule has 0 aromatic heterocycles. The van der Waals surface area contributed by atoms with E-state index in [0.717, 1.165) is 42.7 Å². The number of ether oxygens (including phenoxy) is 1. The maximum absolute atomic E-state index is 14.9. The number of allylic oxidation sites excluding steroid dienone is 3. The molecule has 0 spiro atoms. The van der Waals surface area contributed by atoms with Gasteiger partial charge in [0, 0.05) is 32.5 Å². The van der Waals surface area contributed by atoms with Crippen molar-refractivity contribution in [2.24, 2.45) is 23.5 Å². The second kappa shape index (κ2) is 40.1. The molecule has 2 heterocycles. The smallest absolute Gasteiger partial charge is 0.329 e. The number of likely N-dealkylation sites (N-methyl/N-ethyl adjacent to an activating group) is 1. The van der Waals surface area contributed by atoms with Crippen LogP contribution < -0.4 is 58.9 Å². The number of carboxylic acids is 2. The molecule has 35 nitrogen and oxygen atoms in total. The molecular formula is C63H93N13O22S. The summed E-state index contributed by atoms with van der Waals surface area (Å²) >= 11 is 0. The summed E-state index contributed by atoms with van der Waals surface area (Å²) in [6, 6.07) is -10.2. The molecule has 12 atom stereocenters. The summed E-state index contributed by atoms with van der Waals surface area (Å²) < 4.78 is 41.2. The number of carbonyl (C=O) groups excluding carboxylic acids is 14. The summed E-state index contributed by atoms with van der Waals surface area (Å²) in [4.78, 5) is 219. The fourth-order valence-corrected chi connectivity index (χ4v) is 11.1. The van der Waals surface area contributed by atoms with E-state index >= 15 is 0 Å². The zero-order valence-corrected chi connectivity index (χ0v) is 57.5. The zero-order valence-electron chi connectivity index (χ0n) is 56.7. The Kier molecular flexibility index (Phi) is 33.8. The fourth-order valence-electron chi connectivity index (χ4n) is 10.4. The first kappa shape index (κ1) is 83.4. The van der Waals surface area contributed by atoms with E-state index < -0.39 is 234 Å². The van der Waals surface area contributed by atoms with Crippen LogP contribution in [0.4, 0.5) is 0 Å². The molecule has 99 heavy (non-hydrogen) atoms. The molecule has 0 unspecified atom stereocenters. The highest BCUT2D eigenvalue weighted by Crippen LogP contribution is 2.23. The second-order valence-electron chi connectivity index (χ2n) is 24.8. The van der Waals surface area contributed by atoms with Gasteiger partial charge in [0.15, 0.2) is 0 Å². The Labute approximate surface area is 572 Å². The molecule has 36 heteroatoms. The Hall–Kier alpha value is -9.87. The Bertz CT molecular complexity index is 3290. The molecule has 548 valence electrons. The second-order valence-corrected chi connectivity index (χ2v) is 26.3. The van der Waals surface area contributed by atoms with Crippen LogP contribution in [0.5, 0.6) is 0 Å². The molecule has 2 aliphatic heterocycles. The van der Waals surface area contributed by atoms with Gasteiger partial charge in [0.2, 0.25) is 76.8 Å². The van der Waals surface area contributed by atoms with Gasteiger partial charge in [0.25, 0.3) is 10.1 Å². The van der Waals surface area contributed by atoms with E-state index in [2.05, 4.69) is 47.9 Å². The number of hydrogen-bond acceptors (Lipinski definition) is 19. The number of primary amides is 1. The van der Waals surface area contributed by atoms with Crippen LogP contribution in [0, 0.1) is 17.8 Å². The van der Waals surface area contributed by atoms with Crippen LogP contribution in [0.3, 0.4) is 0 Å². The molecule has 1 aromatic carbocycles. The number of carboxylic acid groups (broad SMARTS) is 2. The number of nitrogens with two attached hydrogens (primary N) is 1. The van der Waals surface area contributed by atoms with Crippen LogP contribution >= 0.6 is 0 Å². The Balaban J connectivity index is 2.08. The number of benzene rings is 1. The van der Waals surface area contributed by atoms with Gasteiger partial charge in [-0.25, -0.2) is 4.79 Å². The minimum atomic E-state index is -5.34. The Morgan fingerprint density at radius 3 is 1.93 bits per heavy atom. The van der Waals surface area contributed by atoms with Crippen molar-refractivity contribution in [1.29, 1.82) is 0 Å². The van der Waals surface area contributed by atoms with Crippen LogP contribution in [0.25, 0.3) is 0 Å². The van der Waals surface area contributed by atoms with Crippen molar-refractivity contribution in [3.05, 3.63) is 60.2 Å². The number of esters is 1. The van der Waals surface area contributed by atoms with Crippen LogP contribution in [0.2, 0.25) is 0 Å². The number of nitrogens with zero attached hydrogens (tertiary/aromatic N) is 2. The van der Waals surface area contributed by atoms with Gasteiger partial charge in [-0.05, 0) is 69.3 Å². The SMILES string of the molecule is CC[C@H](C)[C@H](NC(=O)[C@H](CC(N)=O)NC(=O)/C=C\C=C\CCC(C)C)C(=O)N[C@H](Cc1ccccc1)C(=O)N[C@H](CS(=O)(=O)O)C(=O)N[C@@H](CC(=O)O)C(=O)N[C@@H]1C(=O)N(C)[C@H](C(C)C)C(=O)NCC(=O)NCC(=O)N[C@H](CCC(=O)O)C(=O)N[C@@H](C)C(=O)N2CCC[C@H]2C(=O)O[C@@H]1C. The molecule has 15 N–H and O–H groups in total. The topological polar surface area (TPSA) is 530 Å². The Morgan fingerprint density at radius 1 is 0.727 bits per heavy atom. The molecule has 0 aliphatic carbocycles. The number of carbonyl (C=O) groups is 16. The molecule has 1 aromatic rings. The zero-order chi connectivity index (χ0) is 74.6. The molecule has 0 saturated carbocycles. The maximum Gasteiger partial charge on any atom is 0.329 e. The third-order valence-electron chi connectivity index (χ3n) is 15.9. The number of hydrogen-bond donors (Lipinski definition) is 14. The normalized spacial score (nSPS) is 21.3. The third-order valence-corrected chi connectivity index (χ3v) is 16.6. The predicted molar refractivity (Wildman–Crippen MR) is 350 cm³/mol. The molecule has 13 amide bonds. The molecule has 2 saturated heterocycles. The van der Waals surface area contributed by atoms with E-state index in [1.165, 1.54) is 45.9 Å². The van der Waals surface area contributed by atoms with Gasteiger partial charge in [-0.2, -0.15) is 8.42 Å². The third kappa shape index (κ3) is 28.6. The standard InChI is InChI=1S/C63H93N13O22S/c1-10-35(6)51(73-56(87)41(28-45(64)77)69-46(78)23-17-12-11-14-19-33(2)3)59(90)71-40(27-38-20-15-13-16-21-38)55(86)72-43(32-99(95,96)97)58(89)70-42(29-50(83)84)57(88)74-52-37(8)98-63(94)44-22-18-26-76(44)61(92)36(7)67-54(85)39(24-25-49(81)82)68-48(80)31-65-47(79)30-66-60(91)53(34(4)5)75(9)62(52)93/h11-13,15-17,20-21,23,33-37,39-44,51-53H,10,14,18-19,22,24-32H2,1-9H3,(H2,64,77)(H,65,79)(H,66,91)(H,67,85)(H,68,80)(H,69,78)(H,70,89)(H,71,90)(H,72,86)(H,73,87)(H,74,88)(H,81,82)(H,83,84)(H,95,96,97)/b12-11+,23-17-/t35-,36-,37+,39+,40+,41-,42-,43+,44-,51-,52-,53+/m0/s1. The van der Waals surface area contributed by atoms with Crippen molar-refractivity contribution in [2.45, 2.75) is 186 Å². The number of amides is 13. The van der Waals surface area contributed by atoms with Gasteiger partial charge in [0.05, 0.1) is 25.9 Å². The lowest BCUT2D eigenvalue weighted by Crippen LogP contribution is -2.63. The summed E-state index contributed by atoms with van der Waals surface area (Å²) in [6.07, 6.45) is 2.41. The van der Waals surface area contributed by atoms with E-state index in [1.54, 1.807) is 31.2 Å². The monoisotopic (exact) mass is 1420 g/mol. The number of aliphatic carboxylic acids is 2. The van der Waals surface area contributed by atoms with E-state index in [9.17, 15) is 99.9 Å². The number of nitrogens with one attached hydrogen (secondary N) is 10. The first-order valence-corrected chi connectivity index (χ1v) is 33.7. The van der Waals surface area contributed by atoms with Gasteiger partial charge in [0.1, 0.15) is 72.3 Å². The van der Waals surface area contributed by atoms with Crippen molar-refractivity contribution in [1.82, 2.24) is 63.0 Å². The summed E-state index contributed by atoms with van der Waals surface area (Å²) in [7, 11) is -4.27. The molecule has 0 radical (unpaired) electrons. The summed E-state index contributed by atoms with van der Waals surface area (Å²) in [5.41, 5.74) is 5.79. The van der Waals surface area contributed by atoms with Crippen LogP contribution in [-0.2, 0) is 98.0 Å². The number of cyclic esters (lactones) is 1. The average molecular weight is 1420 g/mol. The van der Waals surface area contributed by atoms with Crippen molar-refractivity contribution < 1.29 is 105 Å². The summed E-state index contributed by atoms with van der Waals surface area (Å²) in [6.45, 7) is 10.8. The van der Waals surface area contributed by atoms with Gasteiger partial charge in [-0.15, -0.1) is 0 Å². The fraction of sp³-hybridized carbons (Fsp3) is 0.587. The molecule has 3 rings (SSSR count). The summed E-state index contributed by atoms with van der Waals surface area (Å²) in [5.74, 6) is -21.8. The quantitative estimate of drug-likeness (QED) is 0.0154. The molecule has 2 fully saturated rings. The van der Waals surface area contributed by atoms with Gasteiger partial charge in [-0.3, -0.25) is 76.5 Å². The minimum Gasteiger partial charge on any atom is -0.481 e. The number of fused-ring (bicyclic) bond motifs is 1. The summed E-state index contributed by atoms with van der Waals surface area (Å²) in [5, 5.41) is 42.4. The van der Waals surface area contributed by atoms with Crippen molar-refractivity contribution in [3.63, 3.8) is 0 Å². The van der Waals surface area contributed by atoms with Crippen LogP contribution in [-0.4, -0.2) is 227 Å². The maximum atomic E-state index is 14.9. The van der Waals surface area contributed by atoms with Gasteiger partial charge < -0.3 is 83.7 Å². The first-order chi connectivity index (χ1) is 46.3. The van der Waals surface area contributed by atoms with E-state index in [-0.39, 0.29) is 25.8 Å². The van der Waals surface area contributed by atoms with Crippen molar-refractivity contribution in [2.75, 3.05) is 32.4 Å². The largest absolute Gasteiger partial charge is 0.481 e. The van der Waals surface area contributed by atoms with E-state index in [1.807, 2.05) is 25.2 Å². The highest BCUT2D eigenvalue weighted by molar-refractivity contribution is 7.85. The first-order valence-electron chi connectivity index (χ1n) is 32.1.